The van der Waals surface area contributed by atoms with E-state index in [4.69, 9.17) is 19.7 Å². The van der Waals surface area contributed by atoms with Gasteiger partial charge in [-0.15, -0.1) is 0 Å². The lowest BCUT2D eigenvalue weighted by Crippen LogP contribution is -2.29. The number of esters is 2. The minimum Gasteiger partial charge on any atom is -0.462 e. The topological polar surface area (TPSA) is 134 Å². The molecule has 0 spiro atoms. The van der Waals surface area contributed by atoms with Crippen LogP contribution < -0.4 is 5.73 Å². The molecule has 0 fully saturated rings. The molecule has 10 heteroatoms. The highest BCUT2D eigenvalue weighted by atomic mass is 31.2. The average Bonchev–Trinajstić information content (AvgIpc) is 3.02. The Balaban J connectivity index is 3.65. The Morgan fingerprint density at radius 3 is 1.40 bits per heavy atom. The molecule has 0 aromatic carbocycles. The third-order valence-electron chi connectivity index (χ3n) is 7.96. The summed E-state index contributed by atoms with van der Waals surface area (Å²) in [6, 6.07) is 0. The van der Waals surface area contributed by atoms with E-state index in [9.17, 15) is 19.0 Å². The summed E-state index contributed by atoms with van der Waals surface area (Å²) in [5.41, 5.74) is 5.27. The lowest BCUT2D eigenvalue weighted by Gasteiger charge is -2.19. The average molecular weight is 664 g/mol. The predicted molar refractivity (Wildman–Crippen MR) is 183 cm³/mol. The lowest BCUT2D eigenvalue weighted by molar-refractivity contribution is -0.161. The monoisotopic (exact) mass is 663 g/mol. The van der Waals surface area contributed by atoms with E-state index < -0.39 is 26.5 Å². The van der Waals surface area contributed by atoms with Gasteiger partial charge in [-0.25, -0.2) is 4.57 Å². The van der Waals surface area contributed by atoms with Gasteiger partial charge in [0, 0.05) is 19.4 Å². The molecule has 2 atom stereocenters. The minimum atomic E-state index is -4.33. The predicted octanol–water partition coefficient (Wildman–Crippen LogP) is 9.72. The number of rotatable bonds is 35. The van der Waals surface area contributed by atoms with Gasteiger partial charge in [0.2, 0.25) is 0 Å². The van der Waals surface area contributed by atoms with Crippen LogP contribution in [0.5, 0.6) is 0 Å². The number of hydrogen-bond acceptors (Lipinski definition) is 8. The van der Waals surface area contributed by atoms with Gasteiger partial charge in [-0.3, -0.25) is 18.6 Å². The van der Waals surface area contributed by atoms with Crippen LogP contribution in [0.4, 0.5) is 0 Å². The molecule has 0 aliphatic carbocycles. The summed E-state index contributed by atoms with van der Waals surface area (Å²) in [5, 5.41) is 0. The van der Waals surface area contributed by atoms with Gasteiger partial charge in [-0.2, -0.15) is 0 Å². The van der Waals surface area contributed by atoms with E-state index in [1.807, 2.05) is 6.92 Å². The van der Waals surface area contributed by atoms with Crippen molar-refractivity contribution in [3.05, 3.63) is 0 Å². The number of nitrogens with two attached hydrogens (primary N) is 1. The Bertz CT molecular complexity index is 724. The van der Waals surface area contributed by atoms with Crippen molar-refractivity contribution in [3.63, 3.8) is 0 Å². The molecule has 0 heterocycles. The molecular formula is C35H70NO8P. The van der Waals surface area contributed by atoms with E-state index in [1.165, 1.54) is 128 Å². The van der Waals surface area contributed by atoms with Crippen molar-refractivity contribution in [2.45, 2.75) is 187 Å². The first-order chi connectivity index (χ1) is 21.8. The van der Waals surface area contributed by atoms with Crippen LogP contribution in [-0.4, -0.2) is 49.3 Å². The molecule has 0 aromatic heterocycles. The summed E-state index contributed by atoms with van der Waals surface area (Å²) in [4.78, 5) is 33.7. The first-order valence-electron chi connectivity index (χ1n) is 18.5. The molecule has 9 nitrogen and oxygen atoms in total. The van der Waals surface area contributed by atoms with E-state index >= 15 is 0 Å². The van der Waals surface area contributed by atoms with Gasteiger partial charge in [0.15, 0.2) is 6.10 Å². The van der Waals surface area contributed by atoms with Gasteiger partial charge in [-0.1, -0.05) is 155 Å². The first kappa shape index (κ1) is 44.0. The highest BCUT2D eigenvalue weighted by Gasteiger charge is 2.25. The molecule has 0 aromatic rings. The summed E-state index contributed by atoms with van der Waals surface area (Å²) in [5.74, 6) is -0.880. The Morgan fingerprint density at radius 2 is 1.00 bits per heavy atom. The molecule has 1 unspecified atom stereocenters. The van der Waals surface area contributed by atoms with Gasteiger partial charge in [0.05, 0.1) is 13.2 Å². The Labute approximate surface area is 276 Å². The molecule has 3 N–H and O–H groups in total. The molecule has 45 heavy (non-hydrogen) atoms. The number of phosphoric acid groups is 1. The molecule has 268 valence electrons. The fourth-order valence-electron chi connectivity index (χ4n) is 5.26. The zero-order valence-corrected chi connectivity index (χ0v) is 30.0. The largest absolute Gasteiger partial charge is 0.472 e. The van der Waals surface area contributed by atoms with Crippen LogP contribution >= 0.6 is 7.82 Å². The summed E-state index contributed by atoms with van der Waals surface area (Å²) >= 11 is 0. The van der Waals surface area contributed by atoms with Crippen molar-refractivity contribution >= 4 is 19.8 Å². The number of carbonyl (C=O) groups excluding carboxylic acids is 2. The molecular weight excluding hydrogens is 593 g/mol. The molecule has 0 rings (SSSR count). The van der Waals surface area contributed by atoms with Gasteiger partial charge in [-0.05, 0) is 12.8 Å². The van der Waals surface area contributed by atoms with Crippen molar-refractivity contribution in [3.8, 4) is 0 Å². The van der Waals surface area contributed by atoms with E-state index in [2.05, 4.69) is 11.4 Å². The quantitative estimate of drug-likeness (QED) is 0.0386. The Morgan fingerprint density at radius 1 is 0.578 bits per heavy atom. The Hall–Kier alpha value is -0.990. The molecule has 0 aliphatic rings. The van der Waals surface area contributed by atoms with E-state index in [0.29, 0.717) is 6.42 Å². The van der Waals surface area contributed by atoms with Crippen molar-refractivity contribution in [2.24, 2.45) is 5.73 Å². The van der Waals surface area contributed by atoms with Crippen molar-refractivity contribution in [1.82, 2.24) is 0 Å². The van der Waals surface area contributed by atoms with Crippen LogP contribution in [0.15, 0.2) is 0 Å². The normalized spacial score (nSPS) is 13.4. The highest BCUT2D eigenvalue weighted by molar-refractivity contribution is 7.47. The lowest BCUT2D eigenvalue weighted by atomic mass is 10.0. The Kier molecular flexibility index (Phi) is 32.2. The number of hydrogen-bond donors (Lipinski definition) is 2. The SMILES string of the molecule is CCCCCCCCCCCCCCCCCCCCCCCCCC(=O)OC[C@H](COP(=O)(O)OCCN)OC(=O)CCC. The van der Waals surface area contributed by atoms with Crippen LogP contribution in [0.25, 0.3) is 0 Å². The third kappa shape index (κ3) is 32.7. The van der Waals surface area contributed by atoms with Crippen LogP contribution in [-0.2, 0) is 32.7 Å². The van der Waals surface area contributed by atoms with E-state index in [0.717, 1.165) is 19.3 Å². The van der Waals surface area contributed by atoms with Gasteiger partial charge in [0.1, 0.15) is 6.61 Å². The number of carbonyl (C=O) groups is 2. The molecule has 0 radical (unpaired) electrons. The molecule has 0 saturated heterocycles. The molecule has 0 amide bonds. The van der Waals surface area contributed by atoms with Crippen LogP contribution in [0.1, 0.15) is 181 Å². The number of ether oxygens (including phenoxy) is 2. The van der Waals surface area contributed by atoms with Gasteiger partial charge >= 0.3 is 19.8 Å². The molecule has 0 bridgehead atoms. The van der Waals surface area contributed by atoms with Gasteiger partial charge in [0.25, 0.3) is 0 Å². The fraction of sp³-hybridized carbons (Fsp3) is 0.943. The highest BCUT2D eigenvalue weighted by Crippen LogP contribution is 2.43. The minimum absolute atomic E-state index is 0.0556. The van der Waals surface area contributed by atoms with Crippen molar-refractivity contribution in [1.29, 1.82) is 0 Å². The summed E-state index contributed by atoms with van der Waals surface area (Å²) in [6.45, 7) is 3.34. The van der Waals surface area contributed by atoms with Crippen molar-refractivity contribution in [2.75, 3.05) is 26.4 Å². The van der Waals surface area contributed by atoms with Crippen LogP contribution in [0.2, 0.25) is 0 Å². The second kappa shape index (κ2) is 32.9. The zero-order chi connectivity index (χ0) is 33.3. The third-order valence-corrected chi connectivity index (χ3v) is 8.95. The number of unbranched alkanes of at least 4 members (excludes halogenated alkanes) is 22. The maximum Gasteiger partial charge on any atom is 0.472 e. The van der Waals surface area contributed by atoms with Crippen LogP contribution in [0.3, 0.4) is 0 Å². The van der Waals surface area contributed by atoms with Crippen molar-refractivity contribution < 1.29 is 37.6 Å². The summed E-state index contributed by atoms with van der Waals surface area (Å²) in [6.07, 6.45) is 30.5. The fourth-order valence-corrected chi connectivity index (χ4v) is 6.03. The summed E-state index contributed by atoms with van der Waals surface area (Å²) in [7, 11) is -4.33. The van der Waals surface area contributed by atoms with Gasteiger partial charge < -0.3 is 20.1 Å². The first-order valence-corrected chi connectivity index (χ1v) is 20.0. The summed E-state index contributed by atoms with van der Waals surface area (Å²) < 4.78 is 31.9. The van der Waals surface area contributed by atoms with E-state index in [1.54, 1.807) is 0 Å². The maximum absolute atomic E-state index is 12.2. The molecule has 0 aliphatic heterocycles. The van der Waals surface area contributed by atoms with Crippen LogP contribution in [0, 0.1) is 0 Å². The zero-order valence-electron chi connectivity index (χ0n) is 29.1. The standard InChI is InChI=1S/C35H70NO8P/c1-3-5-6-7-8-9-10-11-12-13-14-15-16-17-18-19-20-21-22-23-24-25-26-28-34(37)41-31-33(44-35(38)27-4-2)32-43-45(39,40)42-30-29-36/h33H,3-32,36H2,1-2H3,(H,39,40)/t33-/m1/s1. The molecule has 0 saturated carbocycles. The second-order valence-electron chi connectivity index (χ2n) is 12.5. The number of phosphoric ester groups is 1. The maximum atomic E-state index is 12.2. The smallest absolute Gasteiger partial charge is 0.462 e. The van der Waals surface area contributed by atoms with E-state index in [-0.39, 0.29) is 38.6 Å². The second-order valence-corrected chi connectivity index (χ2v) is 13.9.